The Morgan fingerprint density at radius 2 is 2.00 bits per heavy atom. The molecule has 1 aromatic heterocycles. The molecular weight excluding hydrogens is 387 g/mol. The molecular formula is C17H18F3NO5S. The molecule has 2 aromatic rings. The largest absolute Gasteiger partial charge is 0.534 e. The number of benzene rings is 1. The lowest BCUT2D eigenvalue weighted by molar-refractivity contribution is -0.137. The molecule has 0 fully saturated rings. The fourth-order valence-electron chi connectivity index (χ4n) is 3.54. The highest BCUT2D eigenvalue weighted by Crippen LogP contribution is 2.41. The summed E-state index contributed by atoms with van der Waals surface area (Å²) in [6, 6.07) is 4.02. The monoisotopic (exact) mass is 405 g/mol. The molecule has 0 bridgehead atoms. The molecule has 0 radical (unpaired) electrons. The van der Waals surface area contributed by atoms with Gasteiger partial charge in [0.1, 0.15) is 5.75 Å². The Kier molecular flexibility index (Phi) is 4.65. The molecule has 0 spiro atoms. The van der Waals surface area contributed by atoms with Gasteiger partial charge in [-0.25, -0.2) is 0 Å². The number of nitrogens with zero attached hydrogens (tertiary/aromatic N) is 1. The van der Waals surface area contributed by atoms with Crippen molar-refractivity contribution in [1.29, 1.82) is 0 Å². The molecule has 27 heavy (non-hydrogen) atoms. The quantitative estimate of drug-likeness (QED) is 0.601. The molecule has 0 amide bonds. The summed E-state index contributed by atoms with van der Waals surface area (Å²) in [5.74, 6) is -1.49. The Morgan fingerprint density at radius 1 is 1.33 bits per heavy atom. The van der Waals surface area contributed by atoms with Crippen molar-refractivity contribution in [3.8, 4) is 5.75 Å². The van der Waals surface area contributed by atoms with E-state index in [9.17, 15) is 26.4 Å². The van der Waals surface area contributed by atoms with Gasteiger partial charge >= 0.3 is 21.6 Å². The number of fused-ring (bicyclic) bond motifs is 3. The maximum Gasteiger partial charge on any atom is 0.534 e. The van der Waals surface area contributed by atoms with Gasteiger partial charge in [0.05, 0.1) is 11.9 Å². The van der Waals surface area contributed by atoms with Gasteiger partial charge in [-0.1, -0.05) is 13.8 Å². The fourth-order valence-corrected chi connectivity index (χ4v) is 3.99. The predicted octanol–water partition coefficient (Wildman–Crippen LogP) is 3.96. The van der Waals surface area contributed by atoms with E-state index in [1.54, 1.807) is 6.07 Å². The molecule has 1 atom stereocenters. The highest BCUT2D eigenvalue weighted by Gasteiger charge is 2.48. The maximum absolute atomic E-state index is 12.6. The summed E-state index contributed by atoms with van der Waals surface area (Å²) in [5, 5.41) is 9.66. The van der Waals surface area contributed by atoms with Crippen molar-refractivity contribution in [3.05, 3.63) is 29.5 Å². The van der Waals surface area contributed by atoms with E-state index in [-0.39, 0.29) is 18.4 Å². The van der Waals surface area contributed by atoms with Crippen LogP contribution in [0.2, 0.25) is 0 Å². The minimum absolute atomic E-state index is 0.0605. The number of alkyl halides is 3. The Hall–Kier alpha value is -2.23. The molecule has 1 aliphatic rings. The zero-order chi connectivity index (χ0) is 20.1. The van der Waals surface area contributed by atoms with E-state index in [1.165, 1.54) is 12.1 Å². The van der Waals surface area contributed by atoms with Gasteiger partial charge < -0.3 is 13.9 Å². The average Bonchev–Trinajstić information content (AvgIpc) is 3.03. The molecule has 2 heterocycles. The van der Waals surface area contributed by atoms with Crippen LogP contribution in [0.4, 0.5) is 13.2 Å². The molecule has 10 heteroatoms. The molecule has 0 saturated heterocycles. The number of carboxylic acid groups (broad SMARTS) is 1. The lowest BCUT2D eigenvalue weighted by Gasteiger charge is -2.18. The Morgan fingerprint density at radius 3 is 2.56 bits per heavy atom. The van der Waals surface area contributed by atoms with E-state index < -0.39 is 27.3 Å². The van der Waals surface area contributed by atoms with E-state index in [1.807, 2.05) is 18.4 Å². The SMILES string of the molecule is CC(C)c1cc(OS(=O)(=O)C(F)(F)F)cc2cc3n(c12)C(CC(=O)O)CC3. The van der Waals surface area contributed by atoms with E-state index in [4.69, 9.17) is 5.11 Å². The lowest BCUT2D eigenvalue weighted by atomic mass is 9.99. The molecule has 3 rings (SSSR count). The maximum atomic E-state index is 12.6. The van der Waals surface area contributed by atoms with Gasteiger partial charge in [-0.3, -0.25) is 4.79 Å². The second kappa shape index (κ2) is 6.43. The lowest BCUT2D eigenvalue weighted by Crippen LogP contribution is -2.28. The molecule has 6 nitrogen and oxygen atoms in total. The van der Waals surface area contributed by atoms with Crippen molar-refractivity contribution in [2.24, 2.45) is 0 Å². The van der Waals surface area contributed by atoms with Crippen molar-refractivity contribution in [2.45, 2.75) is 50.6 Å². The molecule has 1 N–H and O–H groups in total. The predicted molar refractivity (Wildman–Crippen MR) is 91.2 cm³/mol. The van der Waals surface area contributed by atoms with Crippen LogP contribution in [0.1, 0.15) is 49.9 Å². The van der Waals surface area contributed by atoms with Gasteiger partial charge in [0.15, 0.2) is 0 Å². The van der Waals surface area contributed by atoms with Crippen LogP contribution >= 0.6 is 0 Å². The molecule has 1 unspecified atom stereocenters. The summed E-state index contributed by atoms with van der Waals surface area (Å²) in [5.41, 5.74) is -3.34. The van der Waals surface area contributed by atoms with Crippen LogP contribution in [0.3, 0.4) is 0 Å². The Bertz CT molecular complexity index is 1010. The highest BCUT2D eigenvalue weighted by molar-refractivity contribution is 7.88. The van der Waals surface area contributed by atoms with Gasteiger partial charge in [-0.15, -0.1) is 0 Å². The summed E-state index contributed by atoms with van der Waals surface area (Å²) in [7, 11) is -5.77. The highest BCUT2D eigenvalue weighted by atomic mass is 32.2. The van der Waals surface area contributed by atoms with E-state index in [0.717, 1.165) is 5.69 Å². The number of rotatable bonds is 5. The van der Waals surface area contributed by atoms with Crippen LogP contribution in [0, 0.1) is 0 Å². The first kappa shape index (κ1) is 19.5. The van der Waals surface area contributed by atoms with E-state index in [0.29, 0.717) is 29.3 Å². The average molecular weight is 405 g/mol. The number of halogens is 3. The van der Waals surface area contributed by atoms with Gasteiger partial charge in [0.25, 0.3) is 0 Å². The normalized spacial score (nSPS) is 17.5. The number of aryl methyl sites for hydroxylation is 1. The Labute approximate surface area is 153 Å². The third-order valence-electron chi connectivity index (χ3n) is 4.64. The molecule has 1 aliphatic heterocycles. The van der Waals surface area contributed by atoms with Crippen LogP contribution < -0.4 is 4.18 Å². The number of hydrogen-bond acceptors (Lipinski definition) is 4. The van der Waals surface area contributed by atoms with Crippen molar-refractivity contribution in [2.75, 3.05) is 0 Å². The van der Waals surface area contributed by atoms with E-state index in [2.05, 4.69) is 4.18 Å². The van der Waals surface area contributed by atoms with Crippen LogP contribution in [0.25, 0.3) is 10.9 Å². The zero-order valence-electron chi connectivity index (χ0n) is 14.6. The van der Waals surface area contributed by atoms with Gasteiger partial charge in [0, 0.05) is 17.1 Å². The summed E-state index contributed by atoms with van der Waals surface area (Å²) in [6.45, 7) is 3.63. The van der Waals surface area contributed by atoms with Crippen molar-refractivity contribution < 1.29 is 35.7 Å². The number of carboxylic acids is 1. The molecule has 1 aromatic carbocycles. The molecule has 148 valence electrons. The number of aromatic nitrogens is 1. The standard InChI is InChI=1S/C17H18F3NO5S/c1-9(2)14-8-13(26-27(24,25)17(18,19)20)6-10-5-11-3-4-12(7-15(22)23)21(11)16(10)14/h5-6,8-9,12H,3-4,7H2,1-2H3,(H,22,23). The smallest absolute Gasteiger partial charge is 0.481 e. The zero-order valence-corrected chi connectivity index (χ0v) is 15.4. The first-order chi connectivity index (χ1) is 12.4. The third kappa shape index (κ3) is 3.50. The van der Waals surface area contributed by atoms with Crippen LogP contribution in [0.5, 0.6) is 5.75 Å². The third-order valence-corrected chi connectivity index (χ3v) is 5.61. The van der Waals surface area contributed by atoms with Crippen molar-refractivity contribution in [1.82, 2.24) is 4.57 Å². The van der Waals surface area contributed by atoms with Crippen LogP contribution in [-0.2, 0) is 21.3 Å². The first-order valence-electron chi connectivity index (χ1n) is 8.31. The van der Waals surface area contributed by atoms with Gasteiger partial charge in [0.2, 0.25) is 0 Å². The van der Waals surface area contributed by atoms with E-state index >= 15 is 0 Å². The summed E-state index contributed by atoms with van der Waals surface area (Å²) < 4.78 is 66.7. The topological polar surface area (TPSA) is 85.6 Å². The van der Waals surface area contributed by atoms with Gasteiger partial charge in [-0.05, 0) is 42.5 Å². The summed E-state index contributed by atoms with van der Waals surface area (Å²) in [4.78, 5) is 11.1. The van der Waals surface area contributed by atoms with Crippen LogP contribution in [0.15, 0.2) is 18.2 Å². The number of hydrogen-bond donors (Lipinski definition) is 1. The summed E-state index contributed by atoms with van der Waals surface area (Å²) in [6.07, 6.45) is 1.24. The van der Waals surface area contributed by atoms with Crippen LogP contribution in [-0.4, -0.2) is 29.6 Å². The molecule has 0 aliphatic carbocycles. The number of aliphatic carboxylic acids is 1. The fraction of sp³-hybridized carbons (Fsp3) is 0.471. The Balaban J connectivity index is 2.14. The number of carbonyl (C=O) groups is 1. The van der Waals surface area contributed by atoms with Crippen molar-refractivity contribution in [3.63, 3.8) is 0 Å². The molecule has 0 saturated carbocycles. The minimum atomic E-state index is -5.77. The van der Waals surface area contributed by atoms with Crippen molar-refractivity contribution >= 4 is 27.0 Å². The van der Waals surface area contributed by atoms with Gasteiger partial charge in [-0.2, -0.15) is 21.6 Å². The second-order valence-electron chi connectivity index (χ2n) is 6.88. The minimum Gasteiger partial charge on any atom is -0.481 e. The first-order valence-corrected chi connectivity index (χ1v) is 9.72. The second-order valence-corrected chi connectivity index (χ2v) is 8.42. The summed E-state index contributed by atoms with van der Waals surface area (Å²) >= 11 is 0.